The lowest BCUT2D eigenvalue weighted by atomic mass is 9.97. The van der Waals surface area contributed by atoms with Crippen LogP contribution in [0, 0.1) is 17.0 Å². The number of benzene rings is 1. The average Bonchev–Trinajstić information content (AvgIpc) is 2.75. The van der Waals surface area contributed by atoms with Crippen molar-refractivity contribution in [2.45, 2.75) is 50.7 Å². The molecule has 0 aromatic heterocycles. The first-order chi connectivity index (χ1) is 9.56. The van der Waals surface area contributed by atoms with E-state index in [-0.39, 0.29) is 10.6 Å². The lowest BCUT2D eigenvalue weighted by Gasteiger charge is -2.36. The molecule has 2 atom stereocenters. The molecule has 5 heteroatoms. The number of fused-ring (bicyclic) bond motifs is 2. The molecule has 0 amide bonds. The van der Waals surface area contributed by atoms with Gasteiger partial charge in [0.1, 0.15) is 5.69 Å². The van der Waals surface area contributed by atoms with Crippen LogP contribution in [-0.2, 0) is 0 Å². The van der Waals surface area contributed by atoms with E-state index in [2.05, 4.69) is 10.2 Å². The molecule has 1 aromatic carbocycles. The molecule has 0 spiro atoms. The van der Waals surface area contributed by atoms with Gasteiger partial charge < -0.3 is 10.2 Å². The van der Waals surface area contributed by atoms with E-state index in [1.54, 1.807) is 0 Å². The summed E-state index contributed by atoms with van der Waals surface area (Å²) in [5, 5.41) is 15.0. The van der Waals surface area contributed by atoms with Gasteiger partial charge >= 0.3 is 0 Å². The van der Waals surface area contributed by atoms with Gasteiger partial charge in [0, 0.05) is 30.7 Å². The summed E-state index contributed by atoms with van der Waals surface area (Å²) in [5.74, 6) is 0. The molecule has 2 saturated heterocycles. The van der Waals surface area contributed by atoms with Crippen LogP contribution < -0.4 is 10.2 Å². The van der Waals surface area contributed by atoms with Gasteiger partial charge in [-0.25, -0.2) is 0 Å². The highest BCUT2D eigenvalue weighted by atomic mass is 16.6. The molecule has 1 N–H and O–H groups in total. The number of anilines is 1. The van der Waals surface area contributed by atoms with Gasteiger partial charge in [-0.2, -0.15) is 0 Å². The molecular weight excluding hydrogens is 254 g/mol. The van der Waals surface area contributed by atoms with Crippen molar-refractivity contribution in [1.82, 2.24) is 5.32 Å². The number of nitro benzene ring substituents is 1. The van der Waals surface area contributed by atoms with Gasteiger partial charge in [-0.1, -0.05) is 12.1 Å². The van der Waals surface area contributed by atoms with Gasteiger partial charge in [-0.15, -0.1) is 0 Å². The van der Waals surface area contributed by atoms with Crippen LogP contribution in [0.3, 0.4) is 0 Å². The first kappa shape index (κ1) is 13.4. The standard InChI is InChI=1S/C15H21N3O2/c1-10-4-3-5-14(15(10)18(19)20)17(2)13-8-11-6-7-12(9-13)16-11/h3-5,11-13,16H,6-9H2,1-2H3. The first-order valence-corrected chi connectivity index (χ1v) is 7.29. The third-order valence-corrected chi connectivity index (χ3v) is 4.77. The quantitative estimate of drug-likeness (QED) is 0.680. The van der Waals surface area contributed by atoms with Crippen LogP contribution in [-0.4, -0.2) is 30.1 Å². The highest BCUT2D eigenvalue weighted by molar-refractivity contribution is 5.66. The minimum absolute atomic E-state index is 0.251. The Labute approximate surface area is 119 Å². The third-order valence-electron chi connectivity index (χ3n) is 4.77. The number of rotatable bonds is 3. The maximum absolute atomic E-state index is 11.3. The second-order valence-electron chi connectivity index (χ2n) is 6.07. The second kappa shape index (κ2) is 5.05. The highest BCUT2D eigenvalue weighted by Gasteiger charge is 2.36. The van der Waals surface area contributed by atoms with Crippen molar-refractivity contribution in [3.8, 4) is 0 Å². The minimum Gasteiger partial charge on any atom is -0.366 e. The molecule has 20 heavy (non-hydrogen) atoms. The Morgan fingerprint density at radius 2 is 1.95 bits per heavy atom. The smallest absolute Gasteiger partial charge is 0.295 e. The number of nitrogens with one attached hydrogen (secondary N) is 1. The van der Waals surface area contributed by atoms with Crippen LogP contribution in [0.5, 0.6) is 0 Å². The molecule has 108 valence electrons. The first-order valence-electron chi connectivity index (χ1n) is 7.29. The Kier molecular flexibility index (Phi) is 3.38. The molecule has 2 aliphatic heterocycles. The number of nitrogens with zero attached hydrogens (tertiary/aromatic N) is 2. The second-order valence-corrected chi connectivity index (χ2v) is 6.07. The summed E-state index contributed by atoms with van der Waals surface area (Å²) < 4.78 is 0. The molecule has 2 fully saturated rings. The number of aryl methyl sites for hydroxylation is 1. The Morgan fingerprint density at radius 3 is 2.55 bits per heavy atom. The zero-order valence-electron chi connectivity index (χ0n) is 12.0. The van der Waals surface area contributed by atoms with Crippen molar-refractivity contribution in [1.29, 1.82) is 0 Å². The van der Waals surface area contributed by atoms with Gasteiger partial charge in [-0.3, -0.25) is 10.1 Å². The van der Waals surface area contributed by atoms with E-state index in [0.29, 0.717) is 18.1 Å². The zero-order chi connectivity index (χ0) is 14.3. The van der Waals surface area contributed by atoms with Gasteiger partial charge in [0.15, 0.2) is 0 Å². The monoisotopic (exact) mass is 275 g/mol. The summed E-state index contributed by atoms with van der Waals surface area (Å²) in [7, 11) is 2.00. The van der Waals surface area contributed by atoms with Crippen molar-refractivity contribution >= 4 is 11.4 Å². The van der Waals surface area contributed by atoms with Crippen LogP contribution in [0.2, 0.25) is 0 Å². The van der Waals surface area contributed by atoms with E-state index < -0.39 is 0 Å². The number of piperidine rings is 1. The van der Waals surface area contributed by atoms with Crippen molar-refractivity contribution in [3.05, 3.63) is 33.9 Å². The molecule has 3 rings (SSSR count). The maximum Gasteiger partial charge on any atom is 0.295 e. The van der Waals surface area contributed by atoms with Gasteiger partial charge in [-0.05, 0) is 38.7 Å². The normalized spacial score (nSPS) is 28.4. The number of nitro groups is 1. The molecule has 2 unspecified atom stereocenters. The zero-order valence-corrected chi connectivity index (χ0v) is 12.0. The lowest BCUT2D eigenvalue weighted by Crippen LogP contribution is -2.47. The van der Waals surface area contributed by atoms with Crippen molar-refractivity contribution < 1.29 is 4.92 Å². The van der Waals surface area contributed by atoms with Gasteiger partial charge in [0.2, 0.25) is 0 Å². The molecule has 0 saturated carbocycles. The van der Waals surface area contributed by atoms with E-state index in [4.69, 9.17) is 0 Å². The molecule has 5 nitrogen and oxygen atoms in total. The molecule has 0 aliphatic carbocycles. The number of para-hydroxylation sites is 1. The summed E-state index contributed by atoms with van der Waals surface area (Å²) in [6, 6.07) is 7.16. The van der Waals surface area contributed by atoms with Crippen molar-refractivity contribution in [3.63, 3.8) is 0 Å². The summed E-state index contributed by atoms with van der Waals surface area (Å²) in [6.45, 7) is 1.81. The van der Waals surface area contributed by atoms with Crippen LogP contribution in [0.1, 0.15) is 31.2 Å². The summed E-state index contributed by atoms with van der Waals surface area (Å²) in [4.78, 5) is 13.2. The van der Waals surface area contributed by atoms with E-state index in [1.807, 2.05) is 32.2 Å². The molecule has 0 radical (unpaired) electrons. The number of hydrogen-bond donors (Lipinski definition) is 1. The molecule has 2 aliphatic rings. The van der Waals surface area contributed by atoms with Gasteiger partial charge in [0.05, 0.1) is 4.92 Å². The summed E-state index contributed by atoms with van der Waals surface area (Å²) in [6.07, 6.45) is 4.64. The highest BCUT2D eigenvalue weighted by Crippen LogP contribution is 2.36. The maximum atomic E-state index is 11.3. The van der Waals surface area contributed by atoms with Crippen LogP contribution in [0.25, 0.3) is 0 Å². The summed E-state index contributed by atoms with van der Waals surface area (Å²) in [5.41, 5.74) is 1.73. The fourth-order valence-corrected chi connectivity index (χ4v) is 3.71. The predicted molar refractivity (Wildman–Crippen MR) is 79.2 cm³/mol. The Hall–Kier alpha value is -1.62. The Balaban J connectivity index is 1.89. The van der Waals surface area contributed by atoms with E-state index in [9.17, 15) is 10.1 Å². The summed E-state index contributed by atoms with van der Waals surface area (Å²) >= 11 is 0. The van der Waals surface area contributed by atoms with Crippen molar-refractivity contribution in [2.24, 2.45) is 0 Å². The molecular formula is C15H21N3O2. The van der Waals surface area contributed by atoms with E-state index >= 15 is 0 Å². The minimum atomic E-state index is -0.253. The number of hydrogen-bond acceptors (Lipinski definition) is 4. The van der Waals surface area contributed by atoms with Crippen LogP contribution in [0.4, 0.5) is 11.4 Å². The lowest BCUT2D eigenvalue weighted by molar-refractivity contribution is -0.384. The molecule has 2 heterocycles. The van der Waals surface area contributed by atoms with E-state index in [1.165, 1.54) is 12.8 Å². The van der Waals surface area contributed by atoms with Crippen molar-refractivity contribution in [2.75, 3.05) is 11.9 Å². The Morgan fingerprint density at radius 1 is 1.30 bits per heavy atom. The predicted octanol–water partition coefficient (Wildman–Crippen LogP) is 2.62. The largest absolute Gasteiger partial charge is 0.366 e. The topological polar surface area (TPSA) is 58.4 Å². The SMILES string of the molecule is Cc1cccc(N(C)C2CC3CCC(C2)N3)c1[N+](=O)[O-]. The fourth-order valence-electron chi connectivity index (χ4n) is 3.71. The molecule has 2 bridgehead atoms. The average molecular weight is 275 g/mol. The molecule has 1 aromatic rings. The third kappa shape index (κ3) is 2.26. The van der Waals surface area contributed by atoms with Crippen LogP contribution in [0.15, 0.2) is 18.2 Å². The van der Waals surface area contributed by atoms with Gasteiger partial charge in [0.25, 0.3) is 5.69 Å². The van der Waals surface area contributed by atoms with Crippen LogP contribution >= 0.6 is 0 Å². The Bertz CT molecular complexity index is 520. The van der Waals surface area contributed by atoms with E-state index in [0.717, 1.165) is 24.1 Å². The fraction of sp³-hybridized carbons (Fsp3) is 0.600.